The van der Waals surface area contributed by atoms with Crippen LogP contribution in [0.4, 0.5) is 0 Å². The lowest BCUT2D eigenvalue weighted by molar-refractivity contribution is -0.616. The second kappa shape index (κ2) is 13.4. The number of benzene rings is 2. The predicted molar refractivity (Wildman–Crippen MR) is 135 cm³/mol. The number of aliphatic hydroxyl groups excluding tert-OH is 1. The fourth-order valence-corrected chi connectivity index (χ4v) is 4.59. The number of Topliss-reactive ketones (excluding diaryl/α,β-unsaturated/α-hetero) is 1. The molecule has 0 aliphatic carbocycles. The average Bonchev–Trinajstić information content (AvgIpc) is 3.39. The van der Waals surface area contributed by atoms with Gasteiger partial charge in [0, 0.05) is 23.6 Å². The molecule has 1 aliphatic rings. The number of ether oxygens (including phenoxy) is 2. The van der Waals surface area contributed by atoms with E-state index in [1.165, 1.54) is 0 Å². The molecule has 3 rings (SSSR count). The van der Waals surface area contributed by atoms with Crippen molar-refractivity contribution in [3.63, 3.8) is 0 Å². The van der Waals surface area contributed by atoms with E-state index in [0.717, 1.165) is 37.1 Å². The summed E-state index contributed by atoms with van der Waals surface area (Å²) in [7, 11) is 3.15. The molecule has 190 valence electrons. The van der Waals surface area contributed by atoms with Crippen LogP contribution in [0.3, 0.4) is 0 Å². The van der Waals surface area contributed by atoms with E-state index in [0.29, 0.717) is 49.3 Å². The molecule has 7 heteroatoms. The molecule has 2 atom stereocenters. The number of aliphatic hydroxyl groups is 1. The number of rotatable bonds is 13. The smallest absolute Gasteiger partial charge is 0.310 e. The van der Waals surface area contributed by atoms with Gasteiger partial charge in [-0.05, 0) is 57.8 Å². The van der Waals surface area contributed by atoms with E-state index in [2.05, 4.69) is 4.90 Å². The minimum atomic E-state index is -0.872. The maximum Gasteiger partial charge on any atom is 0.310 e. The zero-order chi connectivity index (χ0) is 25.2. The fourth-order valence-electron chi connectivity index (χ4n) is 4.59. The van der Waals surface area contributed by atoms with Crippen LogP contribution in [0, 0.1) is 6.92 Å². The molecule has 1 fully saturated rings. The van der Waals surface area contributed by atoms with Crippen molar-refractivity contribution in [2.45, 2.75) is 57.6 Å². The SMILES string of the molecule is COc1ccc([C@@H](O)[C@@H](CN2CCCC2)[NH2+]C(=O)CCCCC(=O)c2ccc(C)cc2)c(OC)c1. The summed E-state index contributed by atoms with van der Waals surface area (Å²) in [6, 6.07) is 12.6. The normalized spacial score (nSPS) is 15.5. The first kappa shape index (κ1) is 26.9. The van der Waals surface area contributed by atoms with Gasteiger partial charge in [-0.2, -0.15) is 0 Å². The van der Waals surface area contributed by atoms with Crippen molar-refractivity contribution in [1.29, 1.82) is 0 Å². The average molecular weight is 484 g/mol. The van der Waals surface area contributed by atoms with Crippen LogP contribution >= 0.6 is 0 Å². The van der Waals surface area contributed by atoms with Crippen LogP contribution in [0.2, 0.25) is 0 Å². The Morgan fingerprint density at radius 1 is 1.00 bits per heavy atom. The molecular weight excluding hydrogens is 444 g/mol. The molecular formula is C28H39N2O5+. The maximum atomic E-state index is 12.8. The summed E-state index contributed by atoms with van der Waals surface area (Å²) in [5, 5.41) is 13.0. The standard InChI is InChI=1S/C28H38N2O5/c1-20-10-12-21(13-11-20)25(31)8-4-5-9-27(32)29-24(19-30-16-6-7-17-30)28(33)23-15-14-22(34-2)18-26(23)35-3/h10-15,18,24,28,33H,4-9,16-17,19H2,1-3H3,(H,29,32)/p+1/t24-,28-/m1/s1. The summed E-state index contributed by atoms with van der Waals surface area (Å²) in [4.78, 5) is 27.5. The highest BCUT2D eigenvalue weighted by Crippen LogP contribution is 2.31. The Bertz CT molecular complexity index is 970. The van der Waals surface area contributed by atoms with Crippen molar-refractivity contribution in [2.24, 2.45) is 0 Å². The van der Waals surface area contributed by atoms with E-state index in [-0.39, 0.29) is 17.7 Å². The Kier molecular flexibility index (Phi) is 10.3. The van der Waals surface area contributed by atoms with Gasteiger partial charge in [-0.1, -0.05) is 29.8 Å². The number of primary amides is 1. The number of hydrogen-bond donors (Lipinski definition) is 2. The minimum absolute atomic E-state index is 0.00325. The molecule has 0 spiro atoms. The molecule has 0 aromatic heterocycles. The van der Waals surface area contributed by atoms with Crippen molar-refractivity contribution in [3.05, 3.63) is 59.2 Å². The van der Waals surface area contributed by atoms with Gasteiger partial charge in [0.1, 0.15) is 23.6 Å². The van der Waals surface area contributed by atoms with E-state index in [1.54, 1.807) is 37.7 Å². The summed E-state index contributed by atoms with van der Waals surface area (Å²) in [5.41, 5.74) is 2.49. The monoisotopic (exact) mass is 483 g/mol. The van der Waals surface area contributed by atoms with Crippen LogP contribution in [-0.4, -0.2) is 61.6 Å². The molecule has 2 aromatic carbocycles. The predicted octanol–water partition coefficient (Wildman–Crippen LogP) is 3.04. The Hall–Kier alpha value is -2.74. The molecule has 1 heterocycles. The number of ketones is 1. The van der Waals surface area contributed by atoms with Gasteiger partial charge in [-0.15, -0.1) is 0 Å². The zero-order valence-corrected chi connectivity index (χ0v) is 21.2. The third-order valence-electron chi connectivity index (χ3n) is 6.68. The largest absolute Gasteiger partial charge is 0.497 e. The first-order valence-corrected chi connectivity index (χ1v) is 12.5. The number of nitrogens with zero attached hydrogens (tertiary/aromatic N) is 1. The van der Waals surface area contributed by atoms with E-state index < -0.39 is 6.10 Å². The van der Waals surface area contributed by atoms with Gasteiger partial charge >= 0.3 is 5.91 Å². The van der Waals surface area contributed by atoms with Crippen LogP contribution in [0.15, 0.2) is 42.5 Å². The van der Waals surface area contributed by atoms with E-state index >= 15 is 0 Å². The van der Waals surface area contributed by atoms with Crippen molar-refractivity contribution >= 4 is 11.7 Å². The summed E-state index contributed by atoms with van der Waals surface area (Å²) < 4.78 is 10.8. The highest BCUT2D eigenvalue weighted by Gasteiger charge is 2.32. The van der Waals surface area contributed by atoms with E-state index in [1.807, 2.05) is 31.2 Å². The van der Waals surface area contributed by atoms with Gasteiger partial charge in [0.05, 0.1) is 27.2 Å². The molecule has 2 aromatic rings. The third-order valence-corrected chi connectivity index (χ3v) is 6.68. The van der Waals surface area contributed by atoms with Gasteiger partial charge in [0.15, 0.2) is 5.78 Å². The number of hydrogen-bond acceptors (Lipinski definition) is 6. The lowest BCUT2D eigenvalue weighted by Crippen LogP contribution is -2.95. The second-order valence-electron chi connectivity index (χ2n) is 9.35. The van der Waals surface area contributed by atoms with Gasteiger partial charge in [-0.3, -0.25) is 15.0 Å². The summed E-state index contributed by atoms with van der Waals surface area (Å²) in [6.45, 7) is 4.57. The molecule has 3 N–H and O–H groups in total. The maximum absolute atomic E-state index is 12.8. The highest BCUT2D eigenvalue weighted by molar-refractivity contribution is 5.96. The van der Waals surface area contributed by atoms with E-state index in [4.69, 9.17) is 9.47 Å². The quantitative estimate of drug-likeness (QED) is 0.336. The number of likely N-dealkylation sites (tertiary alicyclic amines) is 1. The topological polar surface area (TPSA) is 92.7 Å². The number of amides is 1. The first-order valence-electron chi connectivity index (χ1n) is 12.5. The summed E-state index contributed by atoms with van der Waals surface area (Å²) >= 11 is 0. The van der Waals surface area contributed by atoms with Crippen molar-refractivity contribution in [3.8, 4) is 11.5 Å². The lowest BCUT2D eigenvalue weighted by Gasteiger charge is -2.26. The number of carbonyl (C=O) groups is 2. The number of unbranched alkanes of at least 4 members (excludes halogenated alkanes) is 1. The second-order valence-corrected chi connectivity index (χ2v) is 9.35. The fraction of sp³-hybridized carbons (Fsp3) is 0.500. The molecule has 0 saturated carbocycles. The van der Waals surface area contributed by atoms with Gasteiger partial charge in [0.2, 0.25) is 0 Å². The van der Waals surface area contributed by atoms with Gasteiger partial charge in [-0.25, -0.2) is 4.79 Å². The highest BCUT2D eigenvalue weighted by atomic mass is 16.5. The number of nitrogens with two attached hydrogens (primary N) is 1. The first-order chi connectivity index (χ1) is 16.9. The lowest BCUT2D eigenvalue weighted by atomic mass is 9.99. The Labute approximate surface area is 208 Å². The molecule has 1 saturated heterocycles. The molecule has 1 aliphatic heterocycles. The van der Waals surface area contributed by atoms with Crippen molar-refractivity contribution < 1.29 is 29.5 Å². The molecule has 7 nitrogen and oxygen atoms in total. The van der Waals surface area contributed by atoms with Crippen molar-refractivity contribution in [2.75, 3.05) is 33.9 Å². The van der Waals surface area contributed by atoms with Crippen LogP contribution in [0.1, 0.15) is 66.1 Å². The Morgan fingerprint density at radius 3 is 2.34 bits per heavy atom. The Morgan fingerprint density at radius 2 is 1.69 bits per heavy atom. The van der Waals surface area contributed by atoms with Crippen LogP contribution in [0.25, 0.3) is 0 Å². The molecule has 0 radical (unpaired) electrons. The minimum Gasteiger partial charge on any atom is -0.497 e. The zero-order valence-electron chi connectivity index (χ0n) is 21.2. The number of quaternary nitrogens is 1. The molecule has 35 heavy (non-hydrogen) atoms. The number of carbonyl (C=O) groups excluding carboxylic acids is 2. The molecule has 0 bridgehead atoms. The van der Waals surface area contributed by atoms with Gasteiger partial charge < -0.3 is 14.6 Å². The number of methoxy groups -OCH3 is 2. The number of aryl methyl sites for hydroxylation is 1. The summed E-state index contributed by atoms with van der Waals surface area (Å²) in [5.74, 6) is 1.30. The molecule has 1 amide bonds. The third kappa shape index (κ3) is 7.88. The van der Waals surface area contributed by atoms with Crippen molar-refractivity contribution in [1.82, 2.24) is 4.90 Å². The van der Waals surface area contributed by atoms with Gasteiger partial charge in [0.25, 0.3) is 0 Å². The summed E-state index contributed by atoms with van der Waals surface area (Å²) in [6.07, 6.45) is 3.51. The molecule has 0 unspecified atom stereocenters. The van der Waals surface area contributed by atoms with E-state index in [9.17, 15) is 14.7 Å². The van der Waals surface area contributed by atoms with Crippen LogP contribution < -0.4 is 14.8 Å². The van der Waals surface area contributed by atoms with Crippen LogP contribution in [0.5, 0.6) is 11.5 Å². The Balaban J connectivity index is 1.57. The van der Waals surface area contributed by atoms with Crippen LogP contribution in [-0.2, 0) is 4.79 Å².